The summed E-state index contributed by atoms with van der Waals surface area (Å²) in [4.78, 5) is 23.4. The lowest BCUT2D eigenvalue weighted by atomic mass is 10.0. The van der Waals surface area contributed by atoms with E-state index in [0.29, 0.717) is 12.8 Å². The van der Waals surface area contributed by atoms with E-state index in [2.05, 4.69) is 10.1 Å². The molecule has 138 valence electrons. The number of rotatable bonds is 6. The Bertz CT molecular complexity index is 721. The van der Waals surface area contributed by atoms with Crippen molar-refractivity contribution in [1.29, 1.82) is 0 Å². The van der Waals surface area contributed by atoms with E-state index in [9.17, 15) is 22.4 Å². The molecule has 2 rings (SSSR count). The minimum Gasteiger partial charge on any atom is -0.469 e. The van der Waals surface area contributed by atoms with Crippen LogP contribution in [0.3, 0.4) is 0 Å². The van der Waals surface area contributed by atoms with Crippen LogP contribution in [-0.4, -0.2) is 50.8 Å². The molecule has 1 amide bonds. The van der Waals surface area contributed by atoms with Crippen LogP contribution in [0, 0.1) is 5.82 Å². The van der Waals surface area contributed by atoms with Crippen molar-refractivity contribution in [2.45, 2.75) is 36.6 Å². The molecule has 0 aliphatic carbocycles. The van der Waals surface area contributed by atoms with E-state index in [1.54, 1.807) is 0 Å². The van der Waals surface area contributed by atoms with Gasteiger partial charge in [-0.2, -0.15) is 4.31 Å². The summed E-state index contributed by atoms with van der Waals surface area (Å²) in [6.07, 6.45) is 1.78. The number of carbonyl (C=O) groups is 2. The highest BCUT2D eigenvalue weighted by molar-refractivity contribution is 7.89. The van der Waals surface area contributed by atoms with Gasteiger partial charge in [0.2, 0.25) is 15.9 Å². The Morgan fingerprint density at radius 3 is 2.60 bits per heavy atom. The van der Waals surface area contributed by atoms with Crippen molar-refractivity contribution in [2.24, 2.45) is 0 Å². The SMILES string of the molecule is COC(=O)CCNC(=O)[C@H]1CCCCN1S(=O)(=O)c1ccc(F)cc1. The number of sulfonamides is 1. The number of hydrogen-bond donors (Lipinski definition) is 1. The van der Waals surface area contributed by atoms with Gasteiger partial charge in [-0.15, -0.1) is 0 Å². The zero-order valence-electron chi connectivity index (χ0n) is 13.9. The third-order valence-corrected chi connectivity index (χ3v) is 5.95. The molecule has 1 aromatic carbocycles. The van der Waals surface area contributed by atoms with E-state index in [4.69, 9.17) is 0 Å². The van der Waals surface area contributed by atoms with Gasteiger partial charge >= 0.3 is 5.97 Å². The summed E-state index contributed by atoms with van der Waals surface area (Å²) in [5.74, 6) is -1.44. The quantitative estimate of drug-likeness (QED) is 0.754. The Morgan fingerprint density at radius 1 is 1.28 bits per heavy atom. The first-order valence-corrected chi connectivity index (χ1v) is 9.42. The van der Waals surface area contributed by atoms with Crippen LogP contribution in [0.4, 0.5) is 4.39 Å². The number of benzene rings is 1. The number of nitrogens with one attached hydrogen (secondary N) is 1. The molecule has 1 aromatic rings. The number of piperidine rings is 1. The van der Waals surface area contributed by atoms with Crippen LogP contribution in [0.2, 0.25) is 0 Å². The molecule has 1 saturated heterocycles. The molecule has 1 aliphatic heterocycles. The van der Waals surface area contributed by atoms with Crippen molar-refractivity contribution >= 4 is 21.9 Å². The predicted molar refractivity (Wildman–Crippen MR) is 87.6 cm³/mol. The summed E-state index contributed by atoms with van der Waals surface area (Å²) in [5.41, 5.74) is 0. The number of esters is 1. The molecular weight excluding hydrogens is 351 g/mol. The van der Waals surface area contributed by atoms with Crippen LogP contribution in [0.1, 0.15) is 25.7 Å². The van der Waals surface area contributed by atoms with Gasteiger partial charge in [0.1, 0.15) is 11.9 Å². The molecule has 7 nitrogen and oxygen atoms in total. The van der Waals surface area contributed by atoms with E-state index in [1.807, 2.05) is 0 Å². The van der Waals surface area contributed by atoms with Gasteiger partial charge in [-0.3, -0.25) is 9.59 Å². The largest absolute Gasteiger partial charge is 0.469 e. The molecule has 0 saturated carbocycles. The van der Waals surface area contributed by atoms with Crippen LogP contribution >= 0.6 is 0 Å². The van der Waals surface area contributed by atoms with Gasteiger partial charge in [0.15, 0.2) is 0 Å². The van der Waals surface area contributed by atoms with Gasteiger partial charge in [0, 0.05) is 13.1 Å². The van der Waals surface area contributed by atoms with Gasteiger partial charge in [0.25, 0.3) is 0 Å². The molecule has 1 atom stereocenters. The second-order valence-electron chi connectivity index (χ2n) is 5.70. The Kier molecular flexibility index (Phi) is 6.49. The van der Waals surface area contributed by atoms with E-state index >= 15 is 0 Å². The molecule has 9 heteroatoms. The number of nitrogens with zero attached hydrogens (tertiary/aromatic N) is 1. The average molecular weight is 372 g/mol. The van der Waals surface area contributed by atoms with Crippen LogP contribution < -0.4 is 5.32 Å². The fraction of sp³-hybridized carbons (Fsp3) is 0.500. The molecule has 1 heterocycles. The van der Waals surface area contributed by atoms with Crippen LogP contribution in [0.25, 0.3) is 0 Å². The van der Waals surface area contributed by atoms with E-state index in [-0.39, 0.29) is 24.4 Å². The van der Waals surface area contributed by atoms with Crippen molar-refractivity contribution in [2.75, 3.05) is 20.2 Å². The highest BCUT2D eigenvalue weighted by atomic mass is 32.2. The van der Waals surface area contributed by atoms with Crippen molar-refractivity contribution in [3.8, 4) is 0 Å². The minimum atomic E-state index is -3.90. The maximum atomic E-state index is 13.0. The summed E-state index contributed by atoms with van der Waals surface area (Å²) < 4.78 is 44.3. The number of methoxy groups -OCH3 is 1. The summed E-state index contributed by atoms with van der Waals surface area (Å²) >= 11 is 0. The Morgan fingerprint density at radius 2 is 1.96 bits per heavy atom. The molecule has 0 bridgehead atoms. The second-order valence-corrected chi connectivity index (χ2v) is 7.59. The van der Waals surface area contributed by atoms with Crippen molar-refractivity contribution < 1.29 is 27.1 Å². The van der Waals surface area contributed by atoms with E-state index in [1.165, 1.54) is 19.2 Å². The minimum absolute atomic E-state index is 0.0136. The molecule has 0 radical (unpaired) electrons. The van der Waals surface area contributed by atoms with Crippen molar-refractivity contribution in [3.63, 3.8) is 0 Å². The van der Waals surface area contributed by atoms with Crippen LogP contribution in [0.15, 0.2) is 29.2 Å². The first-order valence-electron chi connectivity index (χ1n) is 7.98. The summed E-state index contributed by atoms with van der Waals surface area (Å²) in [7, 11) is -2.65. The monoisotopic (exact) mass is 372 g/mol. The normalized spacial score (nSPS) is 18.6. The molecule has 0 unspecified atom stereocenters. The fourth-order valence-electron chi connectivity index (χ4n) is 2.70. The average Bonchev–Trinajstić information content (AvgIpc) is 2.61. The van der Waals surface area contributed by atoms with Crippen molar-refractivity contribution in [1.82, 2.24) is 9.62 Å². The number of carbonyl (C=O) groups excluding carboxylic acids is 2. The molecular formula is C16H21FN2O5S. The number of ether oxygens (including phenoxy) is 1. The number of halogens is 1. The smallest absolute Gasteiger partial charge is 0.307 e. The van der Waals surface area contributed by atoms with Gasteiger partial charge in [0.05, 0.1) is 18.4 Å². The molecule has 0 aromatic heterocycles. The molecule has 1 fully saturated rings. The third-order valence-electron chi connectivity index (χ3n) is 4.03. The first-order chi connectivity index (χ1) is 11.9. The van der Waals surface area contributed by atoms with Gasteiger partial charge < -0.3 is 10.1 Å². The molecule has 25 heavy (non-hydrogen) atoms. The zero-order chi connectivity index (χ0) is 18.4. The first kappa shape index (κ1) is 19.3. The topological polar surface area (TPSA) is 92.8 Å². The van der Waals surface area contributed by atoms with Crippen molar-refractivity contribution in [3.05, 3.63) is 30.1 Å². The van der Waals surface area contributed by atoms with E-state index in [0.717, 1.165) is 22.9 Å². The number of amides is 1. The Labute approximate surface area is 146 Å². The standard InChI is InChI=1S/C16H21FN2O5S/c1-24-15(20)9-10-18-16(21)14-4-2-3-11-19(14)25(22,23)13-7-5-12(17)6-8-13/h5-8,14H,2-4,9-11H2,1H3,(H,18,21)/t14-/m1/s1. The molecule has 1 N–H and O–H groups in total. The lowest BCUT2D eigenvalue weighted by molar-refractivity contribution is -0.140. The maximum Gasteiger partial charge on any atom is 0.307 e. The lowest BCUT2D eigenvalue weighted by Crippen LogP contribution is -2.52. The van der Waals surface area contributed by atoms with Gasteiger partial charge in [-0.1, -0.05) is 6.42 Å². The third kappa shape index (κ3) is 4.76. The van der Waals surface area contributed by atoms with Crippen LogP contribution in [0.5, 0.6) is 0 Å². The predicted octanol–water partition coefficient (Wildman–Crippen LogP) is 1.05. The highest BCUT2D eigenvalue weighted by Crippen LogP contribution is 2.25. The molecule has 0 spiro atoms. The fourth-order valence-corrected chi connectivity index (χ4v) is 4.36. The van der Waals surface area contributed by atoms with Gasteiger partial charge in [-0.25, -0.2) is 12.8 Å². The lowest BCUT2D eigenvalue weighted by Gasteiger charge is -2.33. The Balaban J connectivity index is 2.12. The zero-order valence-corrected chi connectivity index (χ0v) is 14.7. The second kappa shape index (κ2) is 8.39. The maximum absolute atomic E-state index is 13.0. The number of hydrogen-bond acceptors (Lipinski definition) is 5. The summed E-state index contributed by atoms with van der Waals surface area (Å²) in [5, 5.41) is 2.57. The van der Waals surface area contributed by atoms with E-state index < -0.39 is 33.8 Å². The molecule has 1 aliphatic rings. The highest BCUT2D eigenvalue weighted by Gasteiger charge is 2.37. The van der Waals surface area contributed by atoms with Crippen LogP contribution in [-0.2, 0) is 24.3 Å². The summed E-state index contributed by atoms with van der Waals surface area (Å²) in [6, 6.07) is 3.67. The Hall–Kier alpha value is -2.00. The van der Waals surface area contributed by atoms with Gasteiger partial charge in [-0.05, 0) is 37.1 Å². The summed E-state index contributed by atoms with van der Waals surface area (Å²) in [6.45, 7) is 0.293.